The molecule has 1 aromatic rings. The van der Waals surface area contributed by atoms with Crippen LogP contribution in [0.2, 0.25) is 5.02 Å². The van der Waals surface area contributed by atoms with Gasteiger partial charge in [-0.1, -0.05) is 25.4 Å². The van der Waals surface area contributed by atoms with E-state index in [4.69, 9.17) is 21.1 Å². The molecule has 0 fully saturated rings. The molecule has 116 valence electrons. The first-order valence-electron chi connectivity index (χ1n) is 7.14. The number of halogens is 1. The SMILES string of the molecule is CCNC(COCCOC)Cc1c(Cl)c(CC)nn1C. The van der Waals surface area contributed by atoms with Crippen molar-refractivity contribution in [2.24, 2.45) is 7.05 Å². The summed E-state index contributed by atoms with van der Waals surface area (Å²) in [7, 11) is 3.61. The van der Waals surface area contributed by atoms with Gasteiger partial charge in [-0.15, -0.1) is 0 Å². The second-order valence-corrected chi connectivity index (χ2v) is 5.09. The fourth-order valence-corrected chi connectivity index (χ4v) is 2.49. The zero-order valence-electron chi connectivity index (χ0n) is 12.9. The molecule has 1 unspecified atom stereocenters. The third-order valence-electron chi connectivity index (χ3n) is 3.19. The van der Waals surface area contributed by atoms with Gasteiger partial charge in [-0.05, 0) is 13.0 Å². The summed E-state index contributed by atoms with van der Waals surface area (Å²) in [6.45, 7) is 6.91. The Morgan fingerprint density at radius 1 is 1.35 bits per heavy atom. The summed E-state index contributed by atoms with van der Waals surface area (Å²) in [5.74, 6) is 0. The normalized spacial score (nSPS) is 12.8. The highest BCUT2D eigenvalue weighted by atomic mass is 35.5. The molecule has 1 atom stereocenters. The maximum Gasteiger partial charge on any atom is 0.0850 e. The number of ether oxygens (including phenoxy) is 2. The third kappa shape index (κ3) is 5.05. The van der Waals surface area contributed by atoms with Crippen LogP contribution < -0.4 is 5.32 Å². The first kappa shape index (κ1) is 17.4. The minimum Gasteiger partial charge on any atom is -0.382 e. The topological polar surface area (TPSA) is 48.3 Å². The number of aromatic nitrogens is 2. The van der Waals surface area contributed by atoms with Crippen LogP contribution >= 0.6 is 11.6 Å². The van der Waals surface area contributed by atoms with Gasteiger partial charge in [0.05, 0.1) is 36.2 Å². The van der Waals surface area contributed by atoms with Crippen LogP contribution in [0.15, 0.2) is 0 Å². The summed E-state index contributed by atoms with van der Waals surface area (Å²) in [4.78, 5) is 0. The Morgan fingerprint density at radius 3 is 2.65 bits per heavy atom. The van der Waals surface area contributed by atoms with Crippen LogP contribution in [0.1, 0.15) is 25.2 Å². The van der Waals surface area contributed by atoms with Crippen LogP contribution in [-0.4, -0.2) is 49.3 Å². The van der Waals surface area contributed by atoms with Gasteiger partial charge in [0.15, 0.2) is 0 Å². The molecule has 0 saturated heterocycles. The van der Waals surface area contributed by atoms with E-state index >= 15 is 0 Å². The zero-order chi connectivity index (χ0) is 15.0. The van der Waals surface area contributed by atoms with Crippen molar-refractivity contribution >= 4 is 11.6 Å². The van der Waals surface area contributed by atoms with Crippen LogP contribution in [-0.2, 0) is 29.4 Å². The van der Waals surface area contributed by atoms with E-state index in [1.807, 2.05) is 11.7 Å². The van der Waals surface area contributed by atoms with E-state index in [2.05, 4.69) is 24.3 Å². The lowest BCUT2D eigenvalue weighted by molar-refractivity contribution is 0.0587. The molecule has 0 aliphatic carbocycles. The molecule has 6 heteroatoms. The van der Waals surface area contributed by atoms with Gasteiger partial charge < -0.3 is 14.8 Å². The first-order valence-corrected chi connectivity index (χ1v) is 7.52. The molecule has 0 aromatic carbocycles. The minimum absolute atomic E-state index is 0.231. The number of aryl methyl sites for hydroxylation is 2. The maximum atomic E-state index is 6.39. The van der Waals surface area contributed by atoms with Gasteiger partial charge in [0.2, 0.25) is 0 Å². The summed E-state index contributed by atoms with van der Waals surface area (Å²) in [5.41, 5.74) is 2.02. The van der Waals surface area contributed by atoms with Crippen molar-refractivity contribution in [2.75, 3.05) is 33.5 Å². The highest BCUT2D eigenvalue weighted by Gasteiger charge is 2.17. The Kier molecular flexibility index (Phi) is 8.14. The largest absolute Gasteiger partial charge is 0.382 e. The van der Waals surface area contributed by atoms with Crippen LogP contribution in [0, 0.1) is 0 Å². The predicted molar refractivity (Wildman–Crippen MR) is 81.5 cm³/mol. The van der Waals surface area contributed by atoms with E-state index in [0.29, 0.717) is 19.8 Å². The number of nitrogens with zero attached hydrogens (tertiary/aromatic N) is 2. The van der Waals surface area contributed by atoms with Crippen molar-refractivity contribution in [3.8, 4) is 0 Å². The lowest BCUT2D eigenvalue weighted by Crippen LogP contribution is -2.36. The maximum absolute atomic E-state index is 6.39. The molecule has 0 aliphatic rings. The van der Waals surface area contributed by atoms with Gasteiger partial charge >= 0.3 is 0 Å². The second kappa shape index (κ2) is 9.34. The molecule has 1 heterocycles. The minimum atomic E-state index is 0.231. The number of likely N-dealkylation sites (N-methyl/N-ethyl adjacent to an activating group) is 1. The van der Waals surface area contributed by atoms with Crippen molar-refractivity contribution in [2.45, 2.75) is 32.7 Å². The second-order valence-electron chi connectivity index (χ2n) is 4.71. The van der Waals surface area contributed by atoms with E-state index in [0.717, 1.165) is 35.8 Å². The molecule has 0 spiro atoms. The van der Waals surface area contributed by atoms with Crippen molar-refractivity contribution < 1.29 is 9.47 Å². The summed E-state index contributed by atoms with van der Waals surface area (Å²) in [5, 5.41) is 8.66. The molecule has 0 aliphatic heterocycles. The van der Waals surface area contributed by atoms with E-state index in [-0.39, 0.29) is 6.04 Å². The van der Waals surface area contributed by atoms with Crippen molar-refractivity contribution in [1.82, 2.24) is 15.1 Å². The standard InChI is InChI=1S/C14H26ClN3O2/c1-5-12-14(15)13(18(3)17-12)9-11(16-6-2)10-20-8-7-19-4/h11,16H,5-10H2,1-4H3. The molecule has 0 amide bonds. The molecule has 0 radical (unpaired) electrons. The average Bonchev–Trinajstić information content (AvgIpc) is 2.71. The number of hydrogen-bond donors (Lipinski definition) is 1. The smallest absolute Gasteiger partial charge is 0.0850 e. The fourth-order valence-electron chi connectivity index (χ4n) is 2.12. The van der Waals surface area contributed by atoms with Crippen LogP contribution in [0.25, 0.3) is 0 Å². The fraction of sp³-hybridized carbons (Fsp3) is 0.786. The summed E-state index contributed by atoms with van der Waals surface area (Å²) < 4.78 is 12.5. The molecule has 20 heavy (non-hydrogen) atoms. The van der Waals surface area contributed by atoms with Crippen LogP contribution in [0.3, 0.4) is 0 Å². The Hall–Kier alpha value is -0.620. The van der Waals surface area contributed by atoms with Crippen LogP contribution in [0.5, 0.6) is 0 Å². The molecule has 1 aromatic heterocycles. The lowest BCUT2D eigenvalue weighted by atomic mass is 10.1. The molecule has 1 rings (SSSR count). The number of nitrogens with one attached hydrogen (secondary N) is 1. The van der Waals surface area contributed by atoms with Crippen molar-refractivity contribution in [3.63, 3.8) is 0 Å². The Labute approximate surface area is 126 Å². The molecular formula is C14H26ClN3O2. The van der Waals surface area contributed by atoms with Crippen molar-refractivity contribution in [1.29, 1.82) is 0 Å². The highest BCUT2D eigenvalue weighted by molar-refractivity contribution is 6.31. The van der Waals surface area contributed by atoms with E-state index in [1.165, 1.54) is 0 Å². The van der Waals surface area contributed by atoms with Gasteiger partial charge in [-0.3, -0.25) is 4.68 Å². The summed E-state index contributed by atoms with van der Waals surface area (Å²) in [6, 6.07) is 0.231. The monoisotopic (exact) mass is 303 g/mol. The number of rotatable bonds is 10. The molecular weight excluding hydrogens is 278 g/mol. The molecule has 0 saturated carbocycles. The Balaban J connectivity index is 2.62. The van der Waals surface area contributed by atoms with Gasteiger partial charge in [0, 0.05) is 26.6 Å². The van der Waals surface area contributed by atoms with Gasteiger partial charge in [-0.2, -0.15) is 5.10 Å². The van der Waals surface area contributed by atoms with E-state index in [9.17, 15) is 0 Å². The van der Waals surface area contributed by atoms with E-state index in [1.54, 1.807) is 7.11 Å². The third-order valence-corrected chi connectivity index (χ3v) is 3.62. The van der Waals surface area contributed by atoms with Crippen LogP contribution in [0.4, 0.5) is 0 Å². The number of hydrogen-bond acceptors (Lipinski definition) is 4. The zero-order valence-corrected chi connectivity index (χ0v) is 13.7. The average molecular weight is 304 g/mol. The lowest BCUT2D eigenvalue weighted by Gasteiger charge is -2.18. The highest BCUT2D eigenvalue weighted by Crippen LogP contribution is 2.22. The Bertz CT molecular complexity index is 396. The summed E-state index contributed by atoms with van der Waals surface area (Å²) >= 11 is 6.39. The van der Waals surface area contributed by atoms with Gasteiger partial charge in [0.1, 0.15) is 0 Å². The van der Waals surface area contributed by atoms with Gasteiger partial charge in [-0.25, -0.2) is 0 Å². The number of methoxy groups -OCH3 is 1. The van der Waals surface area contributed by atoms with Crippen molar-refractivity contribution in [3.05, 3.63) is 16.4 Å². The Morgan fingerprint density at radius 2 is 2.10 bits per heavy atom. The van der Waals surface area contributed by atoms with E-state index < -0.39 is 0 Å². The summed E-state index contributed by atoms with van der Waals surface area (Å²) in [6.07, 6.45) is 1.66. The predicted octanol–water partition coefficient (Wildman–Crippen LogP) is 1.82. The first-order chi connectivity index (χ1) is 9.63. The van der Waals surface area contributed by atoms with Gasteiger partial charge in [0.25, 0.3) is 0 Å². The quantitative estimate of drug-likeness (QED) is 0.670. The molecule has 0 bridgehead atoms. The molecule has 1 N–H and O–H groups in total. The molecule has 5 nitrogen and oxygen atoms in total.